The van der Waals surface area contributed by atoms with E-state index in [2.05, 4.69) is 4.98 Å². The molecular weight excluding hydrogens is 311 g/mol. The molecule has 24 heavy (non-hydrogen) atoms. The number of esters is 1. The fraction of sp³-hybridized carbons (Fsp3) is 0.222. The third-order valence-corrected chi connectivity index (χ3v) is 3.60. The van der Waals surface area contributed by atoms with Crippen LogP contribution < -0.4 is 4.74 Å². The number of carbonyl (C=O) groups is 1. The number of ether oxygens (including phenoxy) is 2. The zero-order chi connectivity index (χ0) is 17.1. The smallest absolute Gasteiger partial charge is 0.357 e. The molecule has 2 heterocycles. The van der Waals surface area contributed by atoms with Gasteiger partial charge in [0.25, 0.3) is 0 Å². The van der Waals surface area contributed by atoms with Gasteiger partial charge in [-0.25, -0.2) is 14.2 Å². The Morgan fingerprint density at radius 1 is 1.25 bits per heavy atom. The lowest BCUT2D eigenvalue weighted by atomic mass is 10.2. The first-order chi connectivity index (χ1) is 11.6. The van der Waals surface area contributed by atoms with Gasteiger partial charge in [-0.2, -0.15) is 0 Å². The lowest BCUT2D eigenvalue weighted by Crippen LogP contribution is -2.09. The van der Waals surface area contributed by atoms with Crippen molar-refractivity contribution in [3.05, 3.63) is 65.4 Å². The molecule has 0 aliphatic rings. The van der Waals surface area contributed by atoms with Gasteiger partial charge in [-0.15, -0.1) is 0 Å². The Morgan fingerprint density at radius 3 is 2.79 bits per heavy atom. The van der Waals surface area contributed by atoms with Crippen LogP contribution in [0.15, 0.2) is 42.6 Å². The second-order valence-electron chi connectivity index (χ2n) is 5.21. The summed E-state index contributed by atoms with van der Waals surface area (Å²) in [4.78, 5) is 16.5. The first kappa shape index (κ1) is 16.0. The van der Waals surface area contributed by atoms with Gasteiger partial charge in [0.1, 0.15) is 12.4 Å². The number of hydrogen-bond acceptors (Lipinski definition) is 4. The van der Waals surface area contributed by atoms with E-state index in [1.807, 2.05) is 0 Å². The summed E-state index contributed by atoms with van der Waals surface area (Å²) < 4.78 is 26.1. The minimum absolute atomic E-state index is 0.0764. The highest BCUT2D eigenvalue weighted by atomic mass is 19.1. The summed E-state index contributed by atoms with van der Waals surface area (Å²) in [7, 11) is 0. The van der Waals surface area contributed by atoms with Gasteiger partial charge in [0.15, 0.2) is 17.1 Å². The third-order valence-electron chi connectivity index (χ3n) is 3.60. The Labute approximate surface area is 138 Å². The molecule has 6 heteroatoms. The van der Waals surface area contributed by atoms with Crippen LogP contribution in [0.3, 0.4) is 0 Å². The number of benzene rings is 1. The van der Waals surface area contributed by atoms with Crippen molar-refractivity contribution in [2.45, 2.75) is 20.5 Å². The van der Waals surface area contributed by atoms with Crippen molar-refractivity contribution in [1.29, 1.82) is 0 Å². The maximum Gasteiger partial charge on any atom is 0.357 e. The Balaban J connectivity index is 1.94. The molecule has 0 radical (unpaired) electrons. The molecule has 0 bridgehead atoms. The van der Waals surface area contributed by atoms with Crippen LogP contribution in [0.5, 0.6) is 5.75 Å². The molecular formula is C18H17FN2O3. The van der Waals surface area contributed by atoms with Crippen molar-refractivity contribution in [3.63, 3.8) is 0 Å². The molecule has 2 aromatic heterocycles. The number of carbonyl (C=O) groups excluding carboxylic acids is 1. The lowest BCUT2D eigenvalue weighted by molar-refractivity contribution is 0.0517. The number of pyridine rings is 1. The SMILES string of the molecule is CCOC(=O)c1c(C)nc2c(OCc3ccccc3F)cccn12. The zero-order valence-electron chi connectivity index (χ0n) is 13.5. The zero-order valence-corrected chi connectivity index (χ0v) is 13.5. The molecule has 0 spiro atoms. The molecule has 0 aliphatic heterocycles. The number of nitrogens with zero attached hydrogens (tertiary/aromatic N) is 2. The van der Waals surface area contributed by atoms with E-state index in [0.717, 1.165) is 0 Å². The van der Waals surface area contributed by atoms with E-state index < -0.39 is 5.97 Å². The summed E-state index contributed by atoms with van der Waals surface area (Å²) in [5, 5.41) is 0. The number of halogens is 1. The number of rotatable bonds is 5. The van der Waals surface area contributed by atoms with Crippen molar-refractivity contribution in [1.82, 2.24) is 9.38 Å². The van der Waals surface area contributed by atoms with Gasteiger partial charge in [-0.1, -0.05) is 18.2 Å². The normalized spacial score (nSPS) is 10.8. The van der Waals surface area contributed by atoms with Gasteiger partial charge in [-0.3, -0.25) is 4.40 Å². The highest BCUT2D eigenvalue weighted by molar-refractivity contribution is 5.90. The molecule has 0 unspecified atom stereocenters. The van der Waals surface area contributed by atoms with Gasteiger partial charge >= 0.3 is 5.97 Å². The second-order valence-corrected chi connectivity index (χ2v) is 5.21. The predicted molar refractivity (Wildman–Crippen MR) is 86.6 cm³/mol. The molecule has 124 valence electrons. The summed E-state index contributed by atoms with van der Waals surface area (Å²) in [6.07, 6.45) is 1.72. The summed E-state index contributed by atoms with van der Waals surface area (Å²) in [5.41, 5.74) is 1.86. The molecule has 0 saturated carbocycles. The fourth-order valence-corrected chi connectivity index (χ4v) is 2.48. The summed E-state index contributed by atoms with van der Waals surface area (Å²) >= 11 is 0. The quantitative estimate of drug-likeness (QED) is 0.672. The standard InChI is InChI=1S/C18H17FN2O3/c1-3-23-18(22)16-12(2)20-17-15(9-6-10-21(16)17)24-11-13-7-4-5-8-14(13)19/h4-10H,3,11H2,1-2H3. The molecule has 3 aromatic rings. The van der Waals surface area contributed by atoms with Crippen molar-refractivity contribution in [3.8, 4) is 5.75 Å². The molecule has 5 nitrogen and oxygen atoms in total. The number of fused-ring (bicyclic) bond motifs is 1. The van der Waals surface area contributed by atoms with Crippen molar-refractivity contribution in [2.75, 3.05) is 6.61 Å². The van der Waals surface area contributed by atoms with Crippen molar-refractivity contribution >= 4 is 11.6 Å². The second kappa shape index (κ2) is 6.70. The molecule has 0 atom stereocenters. The molecule has 0 fully saturated rings. The summed E-state index contributed by atoms with van der Waals surface area (Å²) in [6.45, 7) is 3.85. The van der Waals surface area contributed by atoms with E-state index in [-0.39, 0.29) is 19.0 Å². The van der Waals surface area contributed by atoms with E-state index in [0.29, 0.717) is 28.3 Å². The molecule has 0 amide bonds. The van der Waals surface area contributed by atoms with E-state index >= 15 is 0 Å². The van der Waals surface area contributed by atoms with Gasteiger partial charge < -0.3 is 9.47 Å². The van der Waals surface area contributed by atoms with Crippen LogP contribution in [0.4, 0.5) is 4.39 Å². The molecule has 0 aliphatic carbocycles. The number of imidazole rings is 1. The van der Waals surface area contributed by atoms with E-state index in [4.69, 9.17) is 9.47 Å². The Morgan fingerprint density at radius 2 is 2.04 bits per heavy atom. The predicted octanol–water partition coefficient (Wildman–Crippen LogP) is 3.54. The Kier molecular flexibility index (Phi) is 4.46. The van der Waals surface area contributed by atoms with Gasteiger partial charge in [0.05, 0.1) is 12.3 Å². The van der Waals surface area contributed by atoms with E-state index in [1.54, 1.807) is 54.8 Å². The van der Waals surface area contributed by atoms with Crippen molar-refractivity contribution in [2.24, 2.45) is 0 Å². The van der Waals surface area contributed by atoms with Crippen LogP contribution in [-0.2, 0) is 11.3 Å². The first-order valence-corrected chi connectivity index (χ1v) is 7.62. The van der Waals surface area contributed by atoms with Crippen LogP contribution >= 0.6 is 0 Å². The Bertz CT molecular complexity index is 889. The minimum Gasteiger partial charge on any atom is -0.485 e. The average Bonchev–Trinajstić information content (AvgIpc) is 2.91. The lowest BCUT2D eigenvalue weighted by Gasteiger charge is -2.08. The molecule has 3 rings (SSSR count). The molecule has 0 N–H and O–H groups in total. The molecule has 1 aromatic carbocycles. The summed E-state index contributed by atoms with van der Waals surface area (Å²) in [5.74, 6) is -0.288. The topological polar surface area (TPSA) is 52.8 Å². The summed E-state index contributed by atoms with van der Waals surface area (Å²) in [6, 6.07) is 9.91. The first-order valence-electron chi connectivity index (χ1n) is 7.62. The minimum atomic E-state index is -0.436. The van der Waals surface area contributed by atoms with Gasteiger partial charge in [0.2, 0.25) is 0 Å². The Hall–Kier alpha value is -2.89. The third kappa shape index (κ3) is 2.95. The number of aromatic nitrogens is 2. The fourth-order valence-electron chi connectivity index (χ4n) is 2.48. The van der Waals surface area contributed by atoms with Crippen LogP contribution in [0.25, 0.3) is 5.65 Å². The maximum atomic E-state index is 13.7. The highest BCUT2D eigenvalue weighted by Crippen LogP contribution is 2.23. The van der Waals surface area contributed by atoms with Crippen LogP contribution in [0.2, 0.25) is 0 Å². The van der Waals surface area contributed by atoms with Crippen molar-refractivity contribution < 1.29 is 18.7 Å². The maximum absolute atomic E-state index is 13.7. The van der Waals surface area contributed by atoms with Crippen LogP contribution in [0, 0.1) is 12.7 Å². The van der Waals surface area contributed by atoms with Gasteiger partial charge in [-0.05, 0) is 32.0 Å². The van der Waals surface area contributed by atoms with E-state index in [1.165, 1.54) is 6.07 Å². The molecule has 0 saturated heterocycles. The van der Waals surface area contributed by atoms with E-state index in [9.17, 15) is 9.18 Å². The van der Waals surface area contributed by atoms with Gasteiger partial charge in [0, 0.05) is 11.8 Å². The van der Waals surface area contributed by atoms with Crippen LogP contribution in [-0.4, -0.2) is 22.0 Å². The number of aryl methyl sites for hydroxylation is 1. The monoisotopic (exact) mass is 328 g/mol. The number of hydrogen-bond donors (Lipinski definition) is 0. The average molecular weight is 328 g/mol. The highest BCUT2D eigenvalue weighted by Gasteiger charge is 2.19. The largest absolute Gasteiger partial charge is 0.485 e. The van der Waals surface area contributed by atoms with Crippen LogP contribution in [0.1, 0.15) is 28.7 Å².